The SMILES string of the molecule is C[C@@H]1[C@H](O)[C@@H](C)/C=C/C=C/C=C/C=C/C=C/C=C/C=C/[C@H](O)C[C@@H]2O[C@](O)(C[C@@H](O)C[C@@H](O)CCC[C@@H](O)C[C@@H](O)CC(=O)O[C@H]1C)C[C@H](O)[C@H]2C. The summed E-state index contributed by atoms with van der Waals surface area (Å²) in [5.41, 5.74) is 0. The zero-order chi connectivity index (χ0) is 38.7. The van der Waals surface area contributed by atoms with E-state index in [9.17, 15) is 45.6 Å². The highest BCUT2D eigenvalue weighted by molar-refractivity contribution is 5.70. The van der Waals surface area contributed by atoms with E-state index in [1.165, 1.54) is 0 Å². The molecule has 2 aliphatic rings. The minimum absolute atomic E-state index is 0.0638. The van der Waals surface area contributed by atoms with E-state index in [4.69, 9.17) is 9.47 Å². The van der Waals surface area contributed by atoms with E-state index < -0.39 is 66.7 Å². The molecule has 11 nitrogen and oxygen atoms in total. The first kappa shape index (κ1) is 45.4. The number of hydrogen-bond donors (Lipinski definition) is 8. The molecular weight excluding hydrogens is 668 g/mol. The van der Waals surface area contributed by atoms with Gasteiger partial charge in [-0.2, -0.15) is 0 Å². The predicted octanol–water partition coefficient (Wildman–Crippen LogP) is 3.86. The van der Waals surface area contributed by atoms with Crippen molar-refractivity contribution in [2.75, 3.05) is 0 Å². The van der Waals surface area contributed by atoms with E-state index >= 15 is 0 Å². The summed E-state index contributed by atoms with van der Waals surface area (Å²) in [6.45, 7) is 7.13. The quantitative estimate of drug-likeness (QED) is 0.169. The number of allylic oxidation sites excluding steroid dienone is 12. The minimum Gasteiger partial charge on any atom is -0.462 e. The van der Waals surface area contributed by atoms with Crippen molar-refractivity contribution in [3.05, 3.63) is 85.1 Å². The van der Waals surface area contributed by atoms with Crippen molar-refractivity contribution in [3.63, 3.8) is 0 Å². The highest BCUT2D eigenvalue weighted by Gasteiger charge is 2.45. The Morgan fingerprint density at radius 2 is 1.12 bits per heavy atom. The number of ether oxygens (including phenoxy) is 2. The van der Waals surface area contributed by atoms with Gasteiger partial charge in [0.15, 0.2) is 5.79 Å². The maximum Gasteiger partial charge on any atom is 0.308 e. The van der Waals surface area contributed by atoms with Gasteiger partial charge in [0.2, 0.25) is 0 Å². The van der Waals surface area contributed by atoms with Crippen molar-refractivity contribution in [2.45, 2.75) is 146 Å². The van der Waals surface area contributed by atoms with Gasteiger partial charge in [-0.3, -0.25) is 4.79 Å². The number of cyclic esters (lactones) is 1. The van der Waals surface area contributed by atoms with Crippen LogP contribution in [-0.2, 0) is 14.3 Å². The molecule has 0 radical (unpaired) electrons. The van der Waals surface area contributed by atoms with Crippen LogP contribution in [0, 0.1) is 17.8 Å². The standard InChI is InChI=1S/C41H64O11/c1-28-18-15-13-11-9-7-5-6-8-10-12-14-16-19-34(44)24-38-30(3)37(47)27-41(50,52-38)26-36(46)23-33(43)21-17-20-32(42)22-35(45)25-39(48)51-31(4)29(2)40(28)49/h5-16,18-19,28-38,40,42-47,49-50H,17,20-27H2,1-4H3/b6-5+,9-7+,10-8+,13-11+,14-12+,18-15+,19-16+/t28-,29-,30+,31-,32+,33-,34-,35+,36-,37-,38-,40+,41+/m0/s1. The molecule has 0 aliphatic carbocycles. The molecule has 0 saturated carbocycles. The van der Waals surface area contributed by atoms with Crippen LogP contribution in [0.2, 0.25) is 0 Å². The number of carbonyl (C=O) groups is 1. The van der Waals surface area contributed by atoms with Gasteiger partial charge < -0.3 is 50.3 Å². The second kappa shape index (κ2) is 23.9. The van der Waals surface area contributed by atoms with Crippen LogP contribution in [0.1, 0.15) is 85.5 Å². The van der Waals surface area contributed by atoms with Crippen molar-refractivity contribution in [2.24, 2.45) is 17.8 Å². The Morgan fingerprint density at radius 1 is 0.615 bits per heavy atom. The summed E-state index contributed by atoms with van der Waals surface area (Å²) >= 11 is 0. The van der Waals surface area contributed by atoms with E-state index in [1.807, 2.05) is 73.8 Å². The third kappa shape index (κ3) is 17.9. The van der Waals surface area contributed by atoms with E-state index in [0.717, 1.165) is 0 Å². The zero-order valence-corrected chi connectivity index (χ0v) is 31.2. The number of carbonyl (C=O) groups excluding carboxylic acids is 1. The van der Waals surface area contributed by atoms with Crippen LogP contribution in [0.5, 0.6) is 0 Å². The van der Waals surface area contributed by atoms with Gasteiger partial charge in [0, 0.05) is 37.0 Å². The van der Waals surface area contributed by atoms with Crippen molar-refractivity contribution in [1.82, 2.24) is 0 Å². The molecule has 0 aromatic carbocycles. The van der Waals surface area contributed by atoms with Gasteiger partial charge >= 0.3 is 5.97 Å². The monoisotopic (exact) mass is 732 g/mol. The van der Waals surface area contributed by atoms with Gasteiger partial charge in [-0.15, -0.1) is 0 Å². The molecule has 8 N–H and O–H groups in total. The number of rotatable bonds is 0. The van der Waals surface area contributed by atoms with Crippen molar-refractivity contribution in [3.8, 4) is 0 Å². The topological polar surface area (TPSA) is 197 Å². The van der Waals surface area contributed by atoms with E-state index in [1.54, 1.807) is 39.0 Å². The molecule has 13 atom stereocenters. The Hall–Kier alpha value is -2.71. The predicted molar refractivity (Wildman–Crippen MR) is 200 cm³/mol. The summed E-state index contributed by atoms with van der Waals surface area (Å²) in [7, 11) is 0. The maximum absolute atomic E-state index is 12.5. The van der Waals surface area contributed by atoms with Crippen LogP contribution < -0.4 is 0 Å². The Morgan fingerprint density at radius 3 is 1.67 bits per heavy atom. The van der Waals surface area contributed by atoms with Crippen molar-refractivity contribution < 1.29 is 55.1 Å². The van der Waals surface area contributed by atoms with Gasteiger partial charge in [-0.25, -0.2) is 0 Å². The second-order valence-corrected chi connectivity index (χ2v) is 14.6. The molecule has 52 heavy (non-hydrogen) atoms. The molecule has 2 bridgehead atoms. The van der Waals surface area contributed by atoms with Crippen LogP contribution in [-0.4, -0.2) is 108 Å². The number of aliphatic hydroxyl groups excluding tert-OH is 7. The summed E-state index contributed by atoms with van der Waals surface area (Å²) < 4.78 is 11.4. The summed E-state index contributed by atoms with van der Waals surface area (Å²) in [6.07, 6.45) is 17.5. The van der Waals surface area contributed by atoms with E-state index in [2.05, 4.69) is 0 Å². The summed E-state index contributed by atoms with van der Waals surface area (Å²) in [4.78, 5) is 12.5. The highest BCUT2D eigenvalue weighted by Crippen LogP contribution is 2.36. The molecule has 0 aromatic rings. The highest BCUT2D eigenvalue weighted by atomic mass is 16.6. The Labute approximate surface area is 309 Å². The Bertz CT molecular complexity index is 1240. The van der Waals surface area contributed by atoms with Gasteiger partial charge in [0.25, 0.3) is 0 Å². The van der Waals surface area contributed by atoms with Gasteiger partial charge in [-0.05, 0) is 39.0 Å². The van der Waals surface area contributed by atoms with Crippen molar-refractivity contribution >= 4 is 5.97 Å². The molecule has 0 spiro atoms. The maximum atomic E-state index is 12.5. The third-order valence-corrected chi connectivity index (χ3v) is 9.79. The average Bonchev–Trinajstić information content (AvgIpc) is 3.05. The number of fused-ring (bicyclic) bond motifs is 2. The second-order valence-electron chi connectivity index (χ2n) is 14.6. The van der Waals surface area contributed by atoms with E-state index in [-0.39, 0.29) is 69.1 Å². The average molecular weight is 733 g/mol. The number of aliphatic hydroxyl groups is 8. The molecule has 2 aliphatic heterocycles. The van der Waals surface area contributed by atoms with E-state index in [0.29, 0.717) is 6.42 Å². The third-order valence-electron chi connectivity index (χ3n) is 9.79. The van der Waals surface area contributed by atoms with Gasteiger partial charge in [0.1, 0.15) is 6.10 Å². The zero-order valence-electron chi connectivity index (χ0n) is 31.2. The minimum atomic E-state index is -1.85. The first-order valence-corrected chi connectivity index (χ1v) is 18.6. The lowest BCUT2D eigenvalue weighted by Gasteiger charge is -2.44. The first-order valence-electron chi connectivity index (χ1n) is 18.6. The fourth-order valence-corrected chi connectivity index (χ4v) is 6.40. The lowest BCUT2D eigenvalue weighted by molar-refractivity contribution is -0.300. The van der Waals surface area contributed by atoms with Crippen molar-refractivity contribution in [1.29, 1.82) is 0 Å². The molecule has 2 heterocycles. The first-order chi connectivity index (χ1) is 24.6. The number of esters is 1. The van der Waals surface area contributed by atoms with Crippen LogP contribution in [0.25, 0.3) is 0 Å². The van der Waals surface area contributed by atoms with Gasteiger partial charge in [-0.1, -0.05) is 106 Å². The number of hydrogen-bond acceptors (Lipinski definition) is 11. The molecule has 11 heteroatoms. The normalized spacial score (nSPS) is 43.6. The van der Waals surface area contributed by atoms with Crippen LogP contribution in [0.3, 0.4) is 0 Å². The molecule has 1 saturated heterocycles. The molecule has 0 amide bonds. The lowest BCUT2D eigenvalue weighted by atomic mass is 9.84. The molecule has 294 valence electrons. The lowest BCUT2D eigenvalue weighted by Crippen LogP contribution is -2.53. The smallest absolute Gasteiger partial charge is 0.308 e. The van der Waals surface area contributed by atoms with Crippen LogP contribution >= 0.6 is 0 Å². The molecule has 0 unspecified atom stereocenters. The summed E-state index contributed by atoms with van der Waals surface area (Å²) in [6, 6.07) is 0. The largest absolute Gasteiger partial charge is 0.462 e. The fourth-order valence-electron chi connectivity index (χ4n) is 6.40. The van der Waals surface area contributed by atoms with Gasteiger partial charge in [0.05, 0.1) is 55.3 Å². The molecule has 1 fully saturated rings. The molecule has 0 aromatic heterocycles. The fraction of sp³-hybridized carbons (Fsp3) is 0.634. The summed E-state index contributed by atoms with van der Waals surface area (Å²) in [5, 5.41) is 85.3. The van der Waals surface area contributed by atoms with Crippen LogP contribution in [0.15, 0.2) is 85.1 Å². The summed E-state index contributed by atoms with van der Waals surface area (Å²) in [5.74, 6) is -3.45. The molecular formula is C41H64O11. The van der Waals surface area contributed by atoms with Crippen LogP contribution in [0.4, 0.5) is 0 Å². The molecule has 2 rings (SSSR count). The Kier molecular flexibility index (Phi) is 20.8. The Balaban J connectivity index is 2.09.